The molecule has 4 amide bonds. The maximum atomic E-state index is 13.9. The Labute approximate surface area is 225 Å². The maximum Gasteiger partial charge on any atom is 0.412 e. The molecule has 40 heavy (non-hydrogen) atoms. The van der Waals surface area contributed by atoms with Crippen LogP contribution in [0, 0.1) is 5.82 Å². The minimum absolute atomic E-state index is 0.00509. The lowest BCUT2D eigenvalue weighted by atomic mass is 10.0. The summed E-state index contributed by atoms with van der Waals surface area (Å²) in [4.78, 5) is 44.2. The van der Waals surface area contributed by atoms with Crippen LogP contribution in [0.1, 0.15) is 29.0 Å². The molecule has 1 aromatic carbocycles. The predicted molar refractivity (Wildman–Crippen MR) is 131 cm³/mol. The quantitative estimate of drug-likeness (QED) is 0.490. The van der Waals surface area contributed by atoms with E-state index in [0.717, 1.165) is 23.3 Å². The van der Waals surface area contributed by atoms with Gasteiger partial charge in [0.1, 0.15) is 24.7 Å². The zero-order valence-corrected chi connectivity index (χ0v) is 21.2. The molecule has 3 aromatic rings. The number of primary amides is 1. The Morgan fingerprint density at radius 1 is 1.18 bits per heavy atom. The van der Waals surface area contributed by atoms with E-state index < -0.39 is 61.5 Å². The van der Waals surface area contributed by atoms with Crippen LogP contribution < -0.4 is 10.5 Å². The number of ether oxygens (including phenoxy) is 1. The summed E-state index contributed by atoms with van der Waals surface area (Å²) in [5.74, 6) is -3.62. The Balaban J connectivity index is 1.38. The van der Waals surface area contributed by atoms with Crippen LogP contribution in [0.25, 0.3) is 11.3 Å². The van der Waals surface area contributed by atoms with Gasteiger partial charge in [0, 0.05) is 30.6 Å². The van der Waals surface area contributed by atoms with Gasteiger partial charge in [0.2, 0.25) is 11.8 Å². The van der Waals surface area contributed by atoms with Gasteiger partial charge in [-0.3, -0.25) is 24.2 Å². The number of aromatic nitrogens is 3. The van der Waals surface area contributed by atoms with Crippen molar-refractivity contribution in [1.82, 2.24) is 24.6 Å². The second kappa shape index (κ2) is 10.2. The number of pyridine rings is 1. The van der Waals surface area contributed by atoms with Crippen LogP contribution in [0.15, 0.2) is 42.9 Å². The third-order valence-corrected chi connectivity index (χ3v) is 7.06. The third kappa shape index (κ3) is 5.20. The number of alkyl halides is 3. The molecule has 0 bridgehead atoms. The smallest absolute Gasteiger partial charge is 0.412 e. The van der Waals surface area contributed by atoms with Gasteiger partial charge in [0.25, 0.3) is 0 Å². The molecule has 0 saturated heterocycles. The highest BCUT2D eigenvalue weighted by Gasteiger charge is 2.48. The van der Waals surface area contributed by atoms with Crippen molar-refractivity contribution in [2.45, 2.75) is 37.5 Å². The SMILES string of the molecule is Cn1cc(-c2cc3c(cn2)[C@@H](C(=O)N(CC(=O)N2Cc4cc(F)ccc4OC[C@H]2C(F)(F)F)C(N)=O)CC3)cn1. The molecule has 2 atom stereocenters. The molecule has 14 heteroatoms. The van der Waals surface area contributed by atoms with E-state index in [1.807, 2.05) is 0 Å². The lowest BCUT2D eigenvalue weighted by Crippen LogP contribution is -2.55. The number of aryl methyl sites for hydroxylation is 2. The maximum absolute atomic E-state index is 13.9. The Bertz CT molecular complexity index is 1490. The molecule has 2 aliphatic rings. The van der Waals surface area contributed by atoms with Gasteiger partial charge in [-0.1, -0.05) is 0 Å². The summed E-state index contributed by atoms with van der Waals surface area (Å²) >= 11 is 0. The fraction of sp³-hybridized carbons (Fsp3) is 0.346. The van der Waals surface area contributed by atoms with Crippen molar-refractivity contribution in [3.63, 3.8) is 0 Å². The molecule has 5 rings (SSSR count). The van der Waals surface area contributed by atoms with Gasteiger partial charge in [-0.2, -0.15) is 18.3 Å². The normalized spacial score (nSPS) is 18.4. The molecule has 0 fully saturated rings. The van der Waals surface area contributed by atoms with E-state index in [2.05, 4.69) is 10.1 Å². The molecule has 2 N–H and O–H groups in total. The van der Waals surface area contributed by atoms with Crippen LogP contribution in [0.2, 0.25) is 0 Å². The number of fused-ring (bicyclic) bond motifs is 2. The number of hydrogen-bond acceptors (Lipinski definition) is 6. The molecule has 1 aliphatic carbocycles. The van der Waals surface area contributed by atoms with Crippen LogP contribution in [0.5, 0.6) is 5.75 Å². The average Bonchev–Trinajstić information content (AvgIpc) is 3.46. The molecule has 0 unspecified atom stereocenters. The first kappa shape index (κ1) is 27.1. The number of carbonyl (C=O) groups is 3. The molecule has 10 nitrogen and oxygen atoms in total. The first-order valence-electron chi connectivity index (χ1n) is 12.3. The van der Waals surface area contributed by atoms with Crippen molar-refractivity contribution in [2.75, 3.05) is 13.2 Å². The number of hydrogen-bond donors (Lipinski definition) is 1. The van der Waals surface area contributed by atoms with E-state index in [1.165, 1.54) is 12.3 Å². The standard InChI is InChI=1S/C26H24F4N6O4/c1-34-10-16(8-33-34)20-7-14-2-4-18(19(14)9-32-20)24(38)36(25(31)39)12-23(37)35-11-15-6-17(27)3-5-21(15)40-13-22(35)26(28,29)30/h3,5-10,18,22H,2,4,11-13H2,1H3,(H2,31,39)/t18-,22-/m0/s1. The van der Waals surface area contributed by atoms with Crippen LogP contribution in [-0.2, 0) is 29.6 Å². The van der Waals surface area contributed by atoms with Gasteiger partial charge < -0.3 is 15.4 Å². The Hall–Kier alpha value is -4.49. The van der Waals surface area contributed by atoms with E-state index in [9.17, 15) is 31.9 Å². The summed E-state index contributed by atoms with van der Waals surface area (Å²) in [6, 6.07) is 1.29. The van der Waals surface area contributed by atoms with Gasteiger partial charge >= 0.3 is 12.2 Å². The summed E-state index contributed by atoms with van der Waals surface area (Å²) in [7, 11) is 1.76. The summed E-state index contributed by atoms with van der Waals surface area (Å²) < 4.78 is 62.4. The number of carbonyl (C=O) groups excluding carboxylic acids is 3. The van der Waals surface area contributed by atoms with Crippen molar-refractivity contribution in [2.24, 2.45) is 12.8 Å². The molecule has 0 saturated carbocycles. The largest absolute Gasteiger partial charge is 0.491 e. The lowest BCUT2D eigenvalue weighted by molar-refractivity contribution is -0.195. The number of rotatable bonds is 4. The average molecular weight is 561 g/mol. The van der Waals surface area contributed by atoms with Crippen LogP contribution >= 0.6 is 0 Å². The van der Waals surface area contributed by atoms with Gasteiger partial charge in [0.05, 0.1) is 24.4 Å². The molecule has 1 aliphatic heterocycles. The van der Waals surface area contributed by atoms with Crippen molar-refractivity contribution < 1.29 is 36.7 Å². The first-order valence-corrected chi connectivity index (χ1v) is 12.3. The monoisotopic (exact) mass is 560 g/mol. The third-order valence-electron chi connectivity index (χ3n) is 7.06. The Kier molecular flexibility index (Phi) is 6.94. The molecule has 3 heterocycles. The van der Waals surface area contributed by atoms with Crippen LogP contribution in [0.4, 0.5) is 22.4 Å². The van der Waals surface area contributed by atoms with E-state index >= 15 is 0 Å². The number of nitrogens with zero attached hydrogens (tertiary/aromatic N) is 5. The number of halogens is 4. The summed E-state index contributed by atoms with van der Waals surface area (Å²) in [5, 5.41) is 4.11. The van der Waals surface area contributed by atoms with E-state index in [0.29, 0.717) is 33.9 Å². The molecule has 0 spiro atoms. The number of imide groups is 1. The highest BCUT2D eigenvalue weighted by molar-refractivity contribution is 6.01. The van der Waals surface area contributed by atoms with Crippen LogP contribution in [-0.4, -0.2) is 67.8 Å². The Morgan fingerprint density at radius 3 is 2.62 bits per heavy atom. The molecule has 210 valence electrons. The molecule has 2 aromatic heterocycles. The predicted octanol–water partition coefficient (Wildman–Crippen LogP) is 2.91. The van der Waals surface area contributed by atoms with Crippen LogP contribution in [0.3, 0.4) is 0 Å². The number of amides is 4. The van der Waals surface area contributed by atoms with E-state index in [-0.39, 0.29) is 11.3 Å². The van der Waals surface area contributed by atoms with Gasteiger partial charge in [-0.15, -0.1) is 0 Å². The fourth-order valence-electron chi connectivity index (χ4n) is 5.04. The van der Waals surface area contributed by atoms with Gasteiger partial charge in [-0.05, 0) is 48.2 Å². The van der Waals surface area contributed by atoms with Crippen molar-refractivity contribution in [3.05, 3.63) is 65.4 Å². The molecular formula is C26H24F4N6O4. The zero-order valence-electron chi connectivity index (χ0n) is 21.2. The lowest BCUT2D eigenvalue weighted by Gasteiger charge is -2.32. The van der Waals surface area contributed by atoms with Crippen molar-refractivity contribution in [1.29, 1.82) is 0 Å². The second-order valence-corrected chi connectivity index (χ2v) is 9.67. The molecule has 0 radical (unpaired) electrons. The van der Waals surface area contributed by atoms with E-state index in [4.69, 9.17) is 10.5 Å². The highest BCUT2D eigenvalue weighted by Crippen LogP contribution is 2.37. The Morgan fingerprint density at radius 2 is 1.95 bits per heavy atom. The minimum Gasteiger partial charge on any atom is -0.491 e. The van der Waals surface area contributed by atoms with Crippen molar-refractivity contribution >= 4 is 17.8 Å². The van der Waals surface area contributed by atoms with Gasteiger partial charge in [0.15, 0.2) is 6.04 Å². The van der Waals surface area contributed by atoms with E-state index in [1.54, 1.807) is 30.2 Å². The summed E-state index contributed by atoms with van der Waals surface area (Å²) in [5.41, 5.74) is 8.20. The van der Waals surface area contributed by atoms with Crippen molar-refractivity contribution in [3.8, 4) is 17.0 Å². The zero-order chi connectivity index (χ0) is 28.8. The second-order valence-electron chi connectivity index (χ2n) is 9.67. The topological polar surface area (TPSA) is 124 Å². The number of urea groups is 1. The highest BCUT2D eigenvalue weighted by atomic mass is 19.4. The number of benzene rings is 1. The minimum atomic E-state index is -4.90. The summed E-state index contributed by atoms with van der Waals surface area (Å²) in [6.07, 6.45) is 0.790. The number of nitrogens with two attached hydrogens (primary N) is 1. The fourth-order valence-corrected chi connectivity index (χ4v) is 5.04. The summed E-state index contributed by atoms with van der Waals surface area (Å²) in [6.45, 7) is -2.62. The van der Waals surface area contributed by atoms with Gasteiger partial charge in [-0.25, -0.2) is 9.18 Å². The first-order chi connectivity index (χ1) is 18.9. The molecular weight excluding hydrogens is 536 g/mol.